The molecule has 0 spiro atoms. The van der Waals surface area contributed by atoms with Crippen molar-refractivity contribution >= 4 is 17.3 Å². The number of nitrogens with one attached hydrogen (secondary N) is 1. The maximum Gasteiger partial charge on any atom is 0.390 e. The van der Waals surface area contributed by atoms with Gasteiger partial charge in [-0.2, -0.15) is 13.2 Å². The highest BCUT2D eigenvalue weighted by atomic mass is 19.4. The standard InChI is InChI=1S/C32H28F3N3O4/c1-21-16-23(8-13-27(21)31(39)40-2)29-18-37-30-28(36-15-14-32(33,34)35)17-26(19-38(29)30)42-25-11-9-24(10-12-25)41-20-22-6-4-3-5-7-22/h3-13,16-19,36H,14-15,20H2,1-2H3. The molecule has 0 bridgehead atoms. The van der Waals surface area contributed by atoms with E-state index in [1.807, 2.05) is 36.4 Å². The fourth-order valence-electron chi connectivity index (χ4n) is 4.44. The third-order valence-corrected chi connectivity index (χ3v) is 6.54. The average Bonchev–Trinajstić information content (AvgIpc) is 3.40. The zero-order chi connectivity index (χ0) is 29.7. The molecule has 0 amide bonds. The SMILES string of the molecule is COC(=O)c1ccc(-c2cnc3c(NCCC(F)(F)F)cc(Oc4ccc(OCc5ccccc5)cc4)cn23)cc1C. The van der Waals surface area contributed by atoms with Crippen LogP contribution in [0.3, 0.4) is 0 Å². The minimum atomic E-state index is -4.30. The molecule has 216 valence electrons. The molecule has 7 nitrogen and oxygen atoms in total. The van der Waals surface area contributed by atoms with Crippen LogP contribution >= 0.6 is 0 Å². The Labute approximate surface area is 240 Å². The molecule has 0 radical (unpaired) electrons. The van der Waals surface area contributed by atoms with E-state index in [1.165, 1.54) is 7.11 Å². The van der Waals surface area contributed by atoms with Gasteiger partial charge in [0, 0.05) is 18.2 Å². The molecule has 5 aromatic rings. The smallest absolute Gasteiger partial charge is 0.390 e. The van der Waals surface area contributed by atoms with Crippen LogP contribution in [0.5, 0.6) is 17.2 Å². The summed E-state index contributed by atoms with van der Waals surface area (Å²) < 4.78 is 57.2. The molecule has 0 atom stereocenters. The van der Waals surface area contributed by atoms with Gasteiger partial charge < -0.3 is 19.5 Å². The third-order valence-electron chi connectivity index (χ3n) is 6.54. The molecule has 10 heteroatoms. The van der Waals surface area contributed by atoms with Gasteiger partial charge in [0.1, 0.15) is 23.9 Å². The number of aryl methyl sites for hydroxylation is 1. The summed E-state index contributed by atoms with van der Waals surface area (Å²) in [5.74, 6) is 1.12. The van der Waals surface area contributed by atoms with Crippen LogP contribution in [-0.4, -0.2) is 35.2 Å². The van der Waals surface area contributed by atoms with Crippen molar-refractivity contribution in [3.8, 4) is 28.5 Å². The number of benzene rings is 3. The van der Waals surface area contributed by atoms with Crippen LogP contribution < -0.4 is 14.8 Å². The van der Waals surface area contributed by atoms with Crippen molar-refractivity contribution in [3.05, 3.63) is 108 Å². The fourth-order valence-corrected chi connectivity index (χ4v) is 4.44. The van der Waals surface area contributed by atoms with Gasteiger partial charge in [-0.25, -0.2) is 9.78 Å². The second kappa shape index (κ2) is 12.3. The van der Waals surface area contributed by atoms with Gasteiger partial charge in [0.15, 0.2) is 5.65 Å². The lowest BCUT2D eigenvalue weighted by atomic mass is 10.0. The minimum Gasteiger partial charge on any atom is -0.489 e. The molecule has 0 aliphatic heterocycles. The summed E-state index contributed by atoms with van der Waals surface area (Å²) in [6, 6.07) is 23.8. The minimum absolute atomic E-state index is 0.328. The lowest BCUT2D eigenvalue weighted by molar-refractivity contribution is -0.131. The van der Waals surface area contributed by atoms with Gasteiger partial charge in [-0.15, -0.1) is 0 Å². The number of anilines is 1. The first-order valence-corrected chi connectivity index (χ1v) is 13.2. The first-order chi connectivity index (χ1) is 20.2. The zero-order valence-electron chi connectivity index (χ0n) is 22.9. The number of pyridine rings is 1. The molecular weight excluding hydrogens is 547 g/mol. The lowest BCUT2D eigenvalue weighted by Gasteiger charge is -2.14. The second-order valence-corrected chi connectivity index (χ2v) is 9.59. The van der Waals surface area contributed by atoms with Crippen LogP contribution in [0.2, 0.25) is 0 Å². The van der Waals surface area contributed by atoms with E-state index in [0.29, 0.717) is 52.0 Å². The molecule has 3 aromatic carbocycles. The van der Waals surface area contributed by atoms with Crippen LogP contribution in [0, 0.1) is 6.92 Å². The van der Waals surface area contributed by atoms with Crippen LogP contribution in [0.25, 0.3) is 16.9 Å². The maximum absolute atomic E-state index is 12.9. The summed E-state index contributed by atoms with van der Waals surface area (Å²) in [6.45, 7) is 1.89. The monoisotopic (exact) mass is 575 g/mol. The van der Waals surface area contributed by atoms with Crippen LogP contribution in [0.1, 0.15) is 27.9 Å². The highest BCUT2D eigenvalue weighted by Gasteiger charge is 2.26. The summed E-state index contributed by atoms with van der Waals surface area (Å²) in [7, 11) is 1.32. The normalized spacial score (nSPS) is 11.4. The molecule has 2 aromatic heterocycles. The average molecular weight is 576 g/mol. The van der Waals surface area contributed by atoms with Gasteiger partial charge in [0.05, 0.1) is 42.9 Å². The Hall–Kier alpha value is -4.99. The number of hydrogen-bond acceptors (Lipinski definition) is 6. The Bertz CT molecular complexity index is 1680. The largest absolute Gasteiger partial charge is 0.489 e. The number of carbonyl (C=O) groups is 1. The number of carbonyl (C=O) groups excluding carboxylic acids is 1. The quantitative estimate of drug-likeness (QED) is 0.171. The molecule has 5 rings (SSSR count). The molecule has 0 fully saturated rings. The van der Waals surface area contributed by atoms with Gasteiger partial charge in [0.2, 0.25) is 0 Å². The summed E-state index contributed by atoms with van der Waals surface area (Å²) in [4.78, 5) is 16.5. The molecular formula is C32H28F3N3O4. The second-order valence-electron chi connectivity index (χ2n) is 9.59. The van der Waals surface area contributed by atoms with Gasteiger partial charge >= 0.3 is 12.1 Å². The van der Waals surface area contributed by atoms with Gasteiger partial charge in [-0.3, -0.25) is 4.40 Å². The van der Waals surface area contributed by atoms with Gasteiger partial charge in [-0.1, -0.05) is 36.4 Å². The number of esters is 1. The molecule has 0 aliphatic carbocycles. The van der Waals surface area contributed by atoms with Crippen molar-refractivity contribution in [2.45, 2.75) is 26.1 Å². The van der Waals surface area contributed by atoms with E-state index in [-0.39, 0.29) is 6.54 Å². The van der Waals surface area contributed by atoms with Crippen molar-refractivity contribution in [3.63, 3.8) is 0 Å². The summed E-state index contributed by atoms with van der Waals surface area (Å²) in [5, 5.41) is 2.86. The van der Waals surface area contributed by atoms with E-state index >= 15 is 0 Å². The number of rotatable bonds is 10. The molecule has 42 heavy (non-hydrogen) atoms. The van der Waals surface area contributed by atoms with E-state index in [4.69, 9.17) is 14.2 Å². The maximum atomic E-state index is 12.9. The number of halogens is 3. The summed E-state index contributed by atoms with van der Waals surface area (Å²) >= 11 is 0. The first kappa shape index (κ1) is 28.5. The zero-order valence-corrected chi connectivity index (χ0v) is 22.9. The van der Waals surface area contributed by atoms with Crippen molar-refractivity contribution in [2.24, 2.45) is 0 Å². The Balaban J connectivity index is 1.43. The number of methoxy groups -OCH3 is 1. The number of fused-ring (bicyclic) bond motifs is 1. The van der Waals surface area contributed by atoms with E-state index in [1.54, 1.807) is 66.2 Å². The van der Waals surface area contributed by atoms with Crippen molar-refractivity contribution < 1.29 is 32.2 Å². The van der Waals surface area contributed by atoms with E-state index < -0.39 is 18.6 Å². The van der Waals surface area contributed by atoms with Crippen molar-refractivity contribution in [2.75, 3.05) is 19.0 Å². The first-order valence-electron chi connectivity index (χ1n) is 13.2. The van der Waals surface area contributed by atoms with Crippen molar-refractivity contribution in [1.29, 1.82) is 0 Å². The summed E-state index contributed by atoms with van der Waals surface area (Å²) in [5.41, 5.74) is 4.42. The Morgan fingerprint density at radius 1 is 0.952 bits per heavy atom. The molecule has 0 aliphatic rings. The van der Waals surface area contributed by atoms with Crippen molar-refractivity contribution in [1.82, 2.24) is 9.38 Å². The van der Waals surface area contributed by atoms with Crippen LogP contribution in [0.4, 0.5) is 18.9 Å². The summed E-state index contributed by atoms with van der Waals surface area (Å²) in [6.07, 6.45) is -1.97. The van der Waals surface area contributed by atoms with Gasteiger partial charge in [0.25, 0.3) is 0 Å². The molecule has 0 unspecified atom stereocenters. The molecule has 0 saturated heterocycles. The Morgan fingerprint density at radius 3 is 2.38 bits per heavy atom. The lowest BCUT2D eigenvalue weighted by Crippen LogP contribution is -2.15. The van der Waals surface area contributed by atoms with E-state index in [0.717, 1.165) is 11.1 Å². The predicted molar refractivity (Wildman–Crippen MR) is 153 cm³/mol. The third kappa shape index (κ3) is 6.83. The number of ether oxygens (including phenoxy) is 3. The van der Waals surface area contributed by atoms with Gasteiger partial charge in [-0.05, 0) is 54.4 Å². The Morgan fingerprint density at radius 2 is 1.69 bits per heavy atom. The Kier molecular flexibility index (Phi) is 8.33. The number of nitrogens with zero attached hydrogens (tertiary/aromatic N) is 2. The molecule has 2 heterocycles. The highest BCUT2D eigenvalue weighted by molar-refractivity contribution is 5.91. The number of aromatic nitrogens is 2. The molecule has 0 saturated carbocycles. The number of hydrogen-bond donors (Lipinski definition) is 1. The predicted octanol–water partition coefficient (Wildman–Crippen LogP) is 7.83. The van der Waals surface area contributed by atoms with E-state index in [9.17, 15) is 18.0 Å². The highest BCUT2D eigenvalue weighted by Crippen LogP contribution is 2.33. The topological polar surface area (TPSA) is 74.1 Å². The fraction of sp³-hybridized carbons (Fsp3) is 0.188. The number of imidazole rings is 1. The van der Waals surface area contributed by atoms with Crippen LogP contribution in [-0.2, 0) is 11.3 Å². The molecule has 1 N–H and O–H groups in total. The van der Waals surface area contributed by atoms with Crippen LogP contribution in [0.15, 0.2) is 91.3 Å². The van der Waals surface area contributed by atoms with E-state index in [2.05, 4.69) is 10.3 Å². The number of alkyl halides is 3.